The van der Waals surface area contributed by atoms with Gasteiger partial charge in [0.2, 0.25) is 0 Å². The number of piperazine rings is 1. The molecule has 2 aromatic carbocycles. The van der Waals surface area contributed by atoms with E-state index in [1.807, 2.05) is 0 Å². The summed E-state index contributed by atoms with van der Waals surface area (Å²) in [5.41, 5.74) is 3.42. The van der Waals surface area contributed by atoms with Gasteiger partial charge in [-0.1, -0.05) is 0 Å². The van der Waals surface area contributed by atoms with Crippen LogP contribution >= 0.6 is 0 Å². The van der Waals surface area contributed by atoms with Crippen molar-refractivity contribution in [2.75, 3.05) is 36.0 Å². The topological polar surface area (TPSA) is 48.1 Å². The highest BCUT2D eigenvalue weighted by Crippen LogP contribution is 2.30. The summed E-state index contributed by atoms with van der Waals surface area (Å²) in [6.07, 6.45) is 1.53. The highest BCUT2D eigenvalue weighted by molar-refractivity contribution is 6.08. The number of aromatic amines is 1. The molecule has 0 spiro atoms. The summed E-state index contributed by atoms with van der Waals surface area (Å²) in [7, 11) is 0. The van der Waals surface area contributed by atoms with Crippen molar-refractivity contribution in [3.8, 4) is 0 Å². The highest BCUT2D eigenvalue weighted by atomic mass is 19.1. The molecule has 0 amide bonds. The number of aromatic nitrogens is 3. The summed E-state index contributed by atoms with van der Waals surface area (Å²) in [5, 5.41) is 0.763. The van der Waals surface area contributed by atoms with Crippen molar-refractivity contribution in [2.45, 2.75) is 0 Å². The van der Waals surface area contributed by atoms with Crippen molar-refractivity contribution >= 4 is 33.4 Å². The maximum atomic E-state index is 13.6. The van der Waals surface area contributed by atoms with Gasteiger partial charge in [-0.3, -0.25) is 0 Å². The highest BCUT2D eigenvalue weighted by Gasteiger charge is 2.21. The third-order valence-corrected chi connectivity index (χ3v) is 5.09. The summed E-state index contributed by atoms with van der Waals surface area (Å²) in [6.45, 7) is 3.19. The van der Waals surface area contributed by atoms with E-state index in [4.69, 9.17) is 0 Å². The molecule has 27 heavy (non-hydrogen) atoms. The second kappa shape index (κ2) is 6.19. The van der Waals surface area contributed by atoms with Gasteiger partial charge < -0.3 is 14.8 Å². The Kier molecular flexibility index (Phi) is 3.67. The zero-order valence-electron chi connectivity index (χ0n) is 14.5. The van der Waals surface area contributed by atoms with Crippen LogP contribution in [0.25, 0.3) is 21.9 Å². The zero-order valence-corrected chi connectivity index (χ0v) is 14.5. The number of anilines is 2. The molecule has 0 atom stereocenters. The van der Waals surface area contributed by atoms with Crippen LogP contribution in [0.1, 0.15) is 0 Å². The lowest BCUT2D eigenvalue weighted by Gasteiger charge is -2.36. The molecular weight excluding hydrogens is 348 g/mol. The third-order valence-electron chi connectivity index (χ3n) is 5.09. The van der Waals surface area contributed by atoms with Crippen LogP contribution in [0.4, 0.5) is 20.3 Å². The van der Waals surface area contributed by atoms with Crippen LogP contribution in [-0.2, 0) is 0 Å². The summed E-state index contributed by atoms with van der Waals surface area (Å²) < 4.78 is 26.8. The van der Waals surface area contributed by atoms with Crippen LogP contribution in [-0.4, -0.2) is 41.1 Å². The van der Waals surface area contributed by atoms with E-state index in [0.717, 1.165) is 59.6 Å². The first-order valence-corrected chi connectivity index (χ1v) is 8.86. The van der Waals surface area contributed by atoms with Gasteiger partial charge in [-0.2, -0.15) is 0 Å². The molecule has 0 unspecified atom stereocenters. The smallest absolute Gasteiger partial charge is 0.156 e. The quantitative estimate of drug-likeness (QED) is 0.588. The number of hydrogen-bond acceptors (Lipinski definition) is 4. The van der Waals surface area contributed by atoms with E-state index in [2.05, 4.69) is 24.8 Å². The van der Waals surface area contributed by atoms with Crippen LogP contribution in [0.5, 0.6) is 0 Å². The SMILES string of the molecule is Fc1ccc(N2CCN(c3ncnc4c3[nH]c3ccc(F)cc34)CC2)cc1. The number of hydrogen-bond donors (Lipinski definition) is 1. The molecule has 5 nitrogen and oxygen atoms in total. The van der Waals surface area contributed by atoms with Crippen molar-refractivity contribution in [1.82, 2.24) is 15.0 Å². The second-order valence-corrected chi connectivity index (χ2v) is 6.69. The maximum Gasteiger partial charge on any atom is 0.156 e. The van der Waals surface area contributed by atoms with Crippen molar-refractivity contribution in [3.05, 3.63) is 60.4 Å². The molecule has 4 aromatic rings. The summed E-state index contributed by atoms with van der Waals surface area (Å²) in [4.78, 5) is 16.6. The lowest BCUT2D eigenvalue weighted by molar-refractivity contribution is 0.624. The minimum absolute atomic E-state index is 0.226. The Morgan fingerprint density at radius 1 is 0.815 bits per heavy atom. The Morgan fingerprint density at radius 3 is 2.30 bits per heavy atom. The van der Waals surface area contributed by atoms with Crippen molar-refractivity contribution in [2.24, 2.45) is 0 Å². The van der Waals surface area contributed by atoms with Gasteiger partial charge in [-0.15, -0.1) is 0 Å². The molecule has 7 heteroatoms. The average molecular weight is 365 g/mol. The predicted molar refractivity (Wildman–Crippen MR) is 102 cm³/mol. The van der Waals surface area contributed by atoms with E-state index in [9.17, 15) is 8.78 Å². The fraction of sp³-hybridized carbons (Fsp3) is 0.200. The summed E-state index contributed by atoms with van der Waals surface area (Å²) in [6, 6.07) is 11.2. The number of nitrogens with one attached hydrogen (secondary N) is 1. The van der Waals surface area contributed by atoms with Gasteiger partial charge in [0.05, 0.1) is 0 Å². The number of fused-ring (bicyclic) bond motifs is 3. The Labute approximate surface area is 154 Å². The molecule has 3 heterocycles. The van der Waals surface area contributed by atoms with Gasteiger partial charge in [0.15, 0.2) is 5.82 Å². The normalized spacial score (nSPS) is 15.0. The molecule has 0 saturated carbocycles. The maximum absolute atomic E-state index is 13.6. The fourth-order valence-corrected chi connectivity index (χ4v) is 3.72. The molecule has 0 radical (unpaired) electrons. The van der Waals surface area contributed by atoms with Crippen molar-refractivity contribution < 1.29 is 8.78 Å². The molecule has 5 rings (SSSR count). The molecule has 1 N–H and O–H groups in total. The minimum atomic E-state index is -0.281. The van der Waals surface area contributed by atoms with Gasteiger partial charge in [0.1, 0.15) is 29.0 Å². The van der Waals surface area contributed by atoms with Crippen LogP contribution in [0.3, 0.4) is 0 Å². The molecule has 2 aromatic heterocycles. The summed E-state index contributed by atoms with van der Waals surface area (Å²) >= 11 is 0. The van der Waals surface area contributed by atoms with E-state index < -0.39 is 0 Å². The Balaban J connectivity index is 1.45. The van der Waals surface area contributed by atoms with Crippen molar-refractivity contribution in [1.29, 1.82) is 0 Å². The zero-order chi connectivity index (χ0) is 18.4. The standard InChI is InChI=1S/C20H17F2N5/c21-13-1-4-15(5-2-13)26-7-9-27(10-8-26)20-19-18(23-12-24-20)16-11-14(22)3-6-17(16)25-19/h1-6,11-12,25H,7-10H2. The number of H-pyrrole nitrogens is 1. The Bertz CT molecular complexity index is 1110. The largest absolute Gasteiger partial charge is 0.368 e. The molecule has 0 bridgehead atoms. The average Bonchev–Trinajstić information content (AvgIpc) is 3.07. The second-order valence-electron chi connectivity index (χ2n) is 6.69. The van der Waals surface area contributed by atoms with Gasteiger partial charge in [0.25, 0.3) is 0 Å². The van der Waals surface area contributed by atoms with E-state index in [-0.39, 0.29) is 11.6 Å². The number of nitrogens with zero attached hydrogens (tertiary/aromatic N) is 4. The van der Waals surface area contributed by atoms with Gasteiger partial charge >= 0.3 is 0 Å². The van der Waals surface area contributed by atoms with E-state index in [0.29, 0.717) is 0 Å². The molecular formula is C20H17F2N5. The first kappa shape index (κ1) is 16.0. The monoisotopic (exact) mass is 365 g/mol. The molecule has 1 aliphatic heterocycles. The number of halogens is 2. The van der Waals surface area contributed by atoms with Crippen molar-refractivity contribution in [3.63, 3.8) is 0 Å². The van der Waals surface area contributed by atoms with Gasteiger partial charge in [0, 0.05) is 42.8 Å². The van der Waals surface area contributed by atoms with E-state index >= 15 is 0 Å². The molecule has 136 valence electrons. The van der Waals surface area contributed by atoms with Crippen LogP contribution in [0, 0.1) is 11.6 Å². The van der Waals surface area contributed by atoms with Gasteiger partial charge in [-0.05, 0) is 42.5 Å². The first-order valence-electron chi connectivity index (χ1n) is 8.86. The fourth-order valence-electron chi connectivity index (χ4n) is 3.72. The van der Waals surface area contributed by atoms with E-state index in [1.54, 1.807) is 18.2 Å². The minimum Gasteiger partial charge on any atom is -0.368 e. The Morgan fingerprint density at radius 2 is 1.52 bits per heavy atom. The van der Waals surface area contributed by atoms with Crippen LogP contribution in [0.2, 0.25) is 0 Å². The lowest BCUT2D eigenvalue weighted by Crippen LogP contribution is -2.47. The van der Waals surface area contributed by atoms with Crippen LogP contribution in [0.15, 0.2) is 48.8 Å². The molecule has 1 aliphatic rings. The number of benzene rings is 2. The molecule has 1 fully saturated rings. The Hall–Kier alpha value is -3.22. The lowest BCUT2D eigenvalue weighted by atomic mass is 10.2. The number of rotatable bonds is 2. The molecule has 0 aliphatic carbocycles. The van der Waals surface area contributed by atoms with Gasteiger partial charge in [-0.25, -0.2) is 18.7 Å². The van der Waals surface area contributed by atoms with E-state index in [1.165, 1.54) is 30.6 Å². The first-order chi connectivity index (χ1) is 13.2. The summed E-state index contributed by atoms with van der Waals surface area (Å²) in [5.74, 6) is 0.322. The molecule has 1 saturated heterocycles. The third kappa shape index (κ3) is 2.75. The van der Waals surface area contributed by atoms with Crippen LogP contribution < -0.4 is 9.80 Å². The predicted octanol–water partition coefficient (Wildman–Crippen LogP) is 3.72.